The van der Waals surface area contributed by atoms with Crippen LogP contribution < -0.4 is 9.62 Å². The molecule has 0 unspecified atom stereocenters. The third kappa shape index (κ3) is 6.67. The number of carbonyl (C=O) groups is 1. The van der Waals surface area contributed by atoms with Crippen molar-refractivity contribution in [3.8, 4) is 0 Å². The lowest BCUT2D eigenvalue weighted by atomic mass is 10.2. The van der Waals surface area contributed by atoms with E-state index >= 15 is 0 Å². The Morgan fingerprint density at radius 3 is 2.27 bits per heavy atom. The molecule has 33 heavy (non-hydrogen) atoms. The fraction of sp³-hybridized carbons (Fsp3) is 0.208. The van der Waals surface area contributed by atoms with Crippen molar-refractivity contribution in [2.45, 2.75) is 17.6 Å². The number of hydrogen-bond donors (Lipinski definition) is 1. The topological polar surface area (TPSA) is 66.5 Å². The molecule has 174 valence electrons. The molecule has 3 aromatic rings. The zero-order valence-electron chi connectivity index (χ0n) is 18.2. The van der Waals surface area contributed by atoms with E-state index < -0.39 is 10.0 Å². The average Bonchev–Trinajstić information content (AvgIpc) is 2.81. The molecule has 0 radical (unpaired) electrons. The third-order valence-corrected chi connectivity index (χ3v) is 8.53. The Hall–Kier alpha value is -2.19. The third-order valence-electron chi connectivity index (χ3n) is 4.96. The maximum atomic E-state index is 12.8. The summed E-state index contributed by atoms with van der Waals surface area (Å²) in [7, 11) is -2.18. The first kappa shape index (κ1) is 25.4. The highest BCUT2D eigenvalue weighted by Gasteiger charge is 2.21. The number of carbonyl (C=O) groups excluding carboxylic acids is 1. The Bertz CT molecular complexity index is 1220. The largest absolute Gasteiger partial charge is 0.351 e. The Kier molecular flexibility index (Phi) is 8.70. The van der Waals surface area contributed by atoms with Crippen molar-refractivity contribution in [2.75, 3.05) is 23.7 Å². The first-order valence-corrected chi connectivity index (χ1v) is 13.5. The van der Waals surface area contributed by atoms with Gasteiger partial charge in [-0.3, -0.25) is 9.10 Å². The Morgan fingerprint density at radius 2 is 1.64 bits per heavy atom. The number of amides is 1. The molecule has 0 bridgehead atoms. The van der Waals surface area contributed by atoms with E-state index in [4.69, 9.17) is 23.2 Å². The minimum Gasteiger partial charge on any atom is -0.351 e. The lowest BCUT2D eigenvalue weighted by molar-refractivity contribution is 0.0956. The van der Waals surface area contributed by atoms with Crippen molar-refractivity contribution in [2.24, 2.45) is 0 Å². The molecule has 0 aliphatic heterocycles. The molecule has 3 aromatic carbocycles. The molecule has 1 N–H and O–H groups in total. The van der Waals surface area contributed by atoms with Gasteiger partial charge in [-0.1, -0.05) is 47.0 Å². The second kappa shape index (κ2) is 11.3. The number of thioether (sulfide) groups is 1. The van der Waals surface area contributed by atoms with E-state index in [1.807, 2.05) is 19.1 Å². The number of hydrogen-bond acceptors (Lipinski definition) is 4. The summed E-state index contributed by atoms with van der Waals surface area (Å²) in [6.45, 7) is 2.41. The summed E-state index contributed by atoms with van der Waals surface area (Å²) in [5, 5.41) is 3.94. The number of nitrogens with one attached hydrogen (secondary N) is 1. The van der Waals surface area contributed by atoms with Gasteiger partial charge in [0.1, 0.15) is 0 Å². The summed E-state index contributed by atoms with van der Waals surface area (Å²) in [5.74, 6) is 1.30. The van der Waals surface area contributed by atoms with Crippen molar-refractivity contribution in [1.29, 1.82) is 0 Å². The van der Waals surface area contributed by atoms with Crippen LogP contribution >= 0.6 is 35.0 Å². The highest BCUT2D eigenvalue weighted by Crippen LogP contribution is 2.25. The molecular formula is C24H24Cl2N2O3S2. The van der Waals surface area contributed by atoms with Gasteiger partial charge in [-0.25, -0.2) is 8.42 Å². The lowest BCUT2D eigenvalue weighted by Gasteiger charge is -2.20. The highest BCUT2D eigenvalue weighted by atomic mass is 35.5. The van der Waals surface area contributed by atoms with Gasteiger partial charge in [-0.05, 0) is 61.0 Å². The summed E-state index contributed by atoms with van der Waals surface area (Å²) in [4.78, 5) is 12.6. The van der Waals surface area contributed by atoms with Crippen LogP contribution in [0.15, 0.2) is 71.6 Å². The molecule has 0 aliphatic rings. The molecule has 0 atom stereocenters. The Morgan fingerprint density at radius 1 is 0.970 bits per heavy atom. The molecule has 9 heteroatoms. The van der Waals surface area contributed by atoms with Crippen LogP contribution in [-0.2, 0) is 15.8 Å². The normalized spacial score (nSPS) is 11.3. The van der Waals surface area contributed by atoms with Crippen molar-refractivity contribution in [3.05, 3.63) is 93.5 Å². The SMILES string of the molecule is Cc1ccc(S(=O)(=O)N(C)c2ccc(C(=O)NCCSCc3ccc(Cl)c(Cl)c3)cc2)cc1. The fourth-order valence-corrected chi connectivity index (χ4v) is 5.31. The first-order chi connectivity index (χ1) is 15.7. The predicted molar refractivity (Wildman–Crippen MR) is 138 cm³/mol. The average molecular weight is 524 g/mol. The van der Waals surface area contributed by atoms with E-state index in [-0.39, 0.29) is 10.8 Å². The summed E-state index contributed by atoms with van der Waals surface area (Å²) in [6.07, 6.45) is 0. The van der Waals surface area contributed by atoms with Gasteiger partial charge in [-0.2, -0.15) is 11.8 Å². The van der Waals surface area contributed by atoms with Gasteiger partial charge < -0.3 is 5.32 Å². The number of halogens is 2. The van der Waals surface area contributed by atoms with Crippen LogP contribution in [-0.4, -0.2) is 33.7 Å². The molecule has 1 amide bonds. The minimum absolute atomic E-state index is 0.208. The van der Waals surface area contributed by atoms with Gasteiger partial charge in [0.15, 0.2) is 0 Å². The number of rotatable bonds is 9. The van der Waals surface area contributed by atoms with Crippen molar-refractivity contribution in [3.63, 3.8) is 0 Å². The van der Waals surface area contributed by atoms with E-state index in [1.165, 1.54) is 11.4 Å². The number of anilines is 1. The van der Waals surface area contributed by atoms with Crippen molar-refractivity contribution >= 4 is 56.6 Å². The summed E-state index contributed by atoms with van der Waals surface area (Å²) in [6, 6.07) is 18.7. The van der Waals surface area contributed by atoms with Gasteiger partial charge >= 0.3 is 0 Å². The van der Waals surface area contributed by atoms with E-state index in [0.717, 1.165) is 22.6 Å². The molecular weight excluding hydrogens is 499 g/mol. The molecule has 0 saturated heterocycles. The Labute approximate surface area is 209 Å². The van der Waals surface area contributed by atoms with Gasteiger partial charge in [0.2, 0.25) is 0 Å². The predicted octanol–water partition coefficient (Wildman–Crippen LogP) is 5.79. The zero-order chi connectivity index (χ0) is 24.0. The van der Waals surface area contributed by atoms with E-state index in [9.17, 15) is 13.2 Å². The molecule has 0 aliphatic carbocycles. The van der Waals surface area contributed by atoms with Gasteiger partial charge in [0.25, 0.3) is 15.9 Å². The van der Waals surface area contributed by atoms with E-state index in [0.29, 0.717) is 27.8 Å². The number of sulfonamides is 1. The van der Waals surface area contributed by atoms with Crippen LogP contribution in [0.5, 0.6) is 0 Å². The summed E-state index contributed by atoms with van der Waals surface area (Å²) < 4.78 is 26.9. The maximum Gasteiger partial charge on any atom is 0.264 e. The van der Waals surface area contributed by atoms with Gasteiger partial charge in [0.05, 0.1) is 20.6 Å². The van der Waals surface area contributed by atoms with Crippen LogP contribution in [0.3, 0.4) is 0 Å². The number of aryl methyl sites for hydroxylation is 1. The lowest BCUT2D eigenvalue weighted by Crippen LogP contribution is -2.27. The fourth-order valence-electron chi connectivity index (χ4n) is 2.99. The van der Waals surface area contributed by atoms with Crippen molar-refractivity contribution in [1.82, 2.24) is 5.32 Å². The highest BCUT2D eigenvalue weighted by molar-refractivity contribution is 7.98. The monoisotopic (exact) mass is 522 g/mol. The quantitative estimate of drug-likeness (QED) is 0.361. The molecule has 3 rings (SSSR count). The number of nitrogens with zero attached hydrogens (tertiary/aromatic N) is 1. The van der Waals surface area contributed by atoms with Crippen LogP contribution in [0.2, 0.25) is 10.0 Å². The minimum atomic E-state index is -3.68. The van der Waals surface area contributed by atoms with Crippen LogP contribution in [0.4, 0.5) is 5.69 Å². The van der Waals surface area contributed by atoms with E-state index in [2.05, 4.69) is 5.32 Å². The molecule has 0 aromatic heterocycles. The standard InChI is InChI=1S/C24H24Cl2N2O3S2/c1-17-3-10-21(11-4-17)33(30,31)28(2)20-8-6-19(7-9-20)24(29)27-13-14-32-16-18-5-12-22(25)23(26)15-18/h3-12,15H,13-14,16H2,1-2H3,(H,27,29). The maximum absolute atomic E-state index is 12.8. The van der Waals surface area contributed by atoms with E-state index in [1.54, 1.807) is 66.4 Å². The summed E-state index contributed by atoms with van der Waals surface area (Å²) >= 11 is 13.6. The second-order valence-corrected chi connectivity index (χ2v) is 11.3. The molecule has 0 saturated carbocycles. The van der Waals surface area contributed by atoms with Crippen LogP contribution in [0.25, 0.3) is 0 Å². The molecule has 0 spiro atoms. The molecule has 0 heterocycles. The molecule has 0 fully saturated rings. The first-order valence-electron chi connectivity index (χ1n) is 10.1. The smallest absolute Gasteiger partial charge is 0.264 e. The zero-order valence-corrected chi connectivity index (χ0v) is 21.4. The van der Waals surface area contributed by atoms with Gasteiger partial charge in [0, 0.05) is 30.7 Å². The van der Waals surface area contributed by atoms with Gasteiger partial charge in [-0.15, -0.1) is 0 Å². The van der Waals surface area contributed by atoms with Crippen LogP contribution in [0.1, 0.15) is 21.5 Å². The summed E-state index contributed by atoms with van der Waals surface area (Å²) in [5.41, 5.74) is 3.00. The van der Waals surface area contributed by atoms with Crippen LogP contribution in [0, 0.1) is 6.92 Å². The number of benzene rings is 3. The second-order valence-electron chi connectivity index (χ2n) is 7.39. The van der Waals surface area contributed by atoms with Crippen molar-refractivity contribution < 1.29 is 13.2 Å². The molecule has 5 nitrogen and oxygen atoms in total. The Balaban J connectivity index is 1.51.